The lowest BCUT2D eigenvalue weighted by Crippen LogP contribution is -2.60. The van der Waals surface area contributed by atoms with E-state index >= 15 is 0 Å². The Kier molecular flexibility index (Phi) is 53.1. The molecule has 0 aromatic heterocycles. The predicted octanol–water partition coefficient (Wildman–Crippen LogP) is 15.5. The highest BCUT2D eigenvalue weighted by Crippen LogP contribution is 2.24. The number of carbonyl (C=O) groups is 1. The van der Waals surface area contributed by atoms with Crippen molar-refractivity contribution in [1.29, 1.82) is 0 Å². The molecule has 0 spiro atoms. The van der Waals surface area contributed by atoms with E-state index in [1.54, 1.807) is 0 Å². The largest absolute Gasteiger partial charge is 0.394 e. The number of aliphatic hydroxyl groups excluding tert-OH is 7. The topological polar surface area (TPSA) is 189 Å². The average Bonchev–Trinajstić information content (AvgIpc) is 3.43. The van der Waals surface area contributed by atoms with E-state index in [0.29, 0.717) is 19.3 Å². The smallest absolute Gasteiger partial charge is 0.249 e. The lowest BCUT2D eigenvalue weighted by Gasteiger charge is -2.40. The minimum absolute atomic E-state index is 0.264. The van der Waals surface area contributed by atoms with Gasteiger partial charge in [0.05, 0.1) is 25.4 Å². The first-order valence-electron chi connectivity index (χ1n) is 33.6. The van der Waals surface area contributed by atoms with Crippen LogP contribution in [0, 0.1) is 0 Å². The van der Waals surface area contributed by atoms with E-state index in [0.717, 1.165) is 38.5 Å². The first-order valence-corrected chi connectivity index (χ1v) is 33.6. The number of hydrogen-bond acceptors (Lipinski definition) is 10. The zero-order chi connectivity index (χ0) is 56.1. The van der Waals surface area contributed by atoms with Crippen molar-refractivity contribution in [2.75, 3.05) is 13.2 Å². The van der Waals surface area contributed by atoms with Crippen molar-refractivity contribution in [3.8, 4) is 0 Å². The molecule has 11 nitrogen and oxygen atoms in total. The number of hydrogen-bond donors (Lipinski definition) is 8. The van der Waals surface area contributed by atoms with Gasteiger partial charge in [0.15, 0.2) is 6.29 Å². The fourth-order valence-electron chi connectivity index (χ4n) is 11.1. The maximum Gasteiger partial charge on any atom is 0.249 e. The minimum atomic E-state index is -1.66. The second-order valence-electron chi connectivity index (χ2n) is 23.9. The van der Waals surface area contributed by atoms with Crippen LogP contribution in [0.4, 0.5) is 0 Å². The summed E-state index contributed by atoms with van der Waals surface area (Å²) in [5.41, 5.74) is 0. The van der Waals surface area contributed by atoms with Crippen molar-refractivity contribution in [1.82, 2.24) is 5.32 Å². The molecule has 9 unspecified atom stereocenters. The Morgan fingerprint density at radius 3 is 1.09 bits per heavy atom. The molecular weight excluding hydrogens is 967 g/mol. The minimum Gasteiger partial charge on any atom is -0.394 e. The molecule has 1 aliphatic heterocycles. The van der Waals surface area contributed by atoms with E-state index in [1.165, 1.54) is 257 Å². The summed E-state index contributed by atoms with van der Waals surface area (Å²) < 4.78 is 11.2. The number of unbranched alkanes of at least 4 members (excludes halogenated alkanes) is 45. The molecule has 1 amide bonds. The normalized spacial score (nSPS) is 19.5. The van der Waals surface area contributed by atoms with Gasteiger partial charge < -0.3 is 50.5 Å². The lowest BCUT2D eigenvalue weighted by atomic mass is 9.98. The molecule has 0 radical (unpaired) electrons. The molecule has 1 fully saturated rings. The highest BCUT2D eigenvalue weighted by molar-refractivity contribution is 5.80. The number of amides is 1. The van der Waals surface area contributed by atoms with E-state index in [-0.39, 0.29) is 6.42 Å². The van der Waals surface area contributed by atoms with Gasteiger partial charge in [0.2, 0.25) is 5.91 Å². The Labute approximate surface area is 474 Å². The van der Waals surface area contributed by atoms with Crippen molar-refractivity contribution >= 4 is 5.91 Å². The molecule has 77 heavy (non-hydrogen) atoms. The van der Waals surface area contributed by atoms with Crippen LogP contribution in [0.1, 0.15) is 335 Å². The summed E-state index contributed by atoms with van der Waals surface area (Å²) in [5.74, 6) is -0.690. The van der Waals surface area contributed by atoms with Crippen LogP contribution in [-0.4, -0.2) is 110 Å². The van der Waals surface area contributed by atoms with Crippen molar-refractivity contribution in [3.05, 3.63) is 12.2 Å². The Morgan fingerprint density at radius 2 is 0.753 bits per heavy atom. The summed E-state index contributed by atoms with van der Waals surface area (Å²) in [6, 6.07) is -1.17. The number of ether oxygens (including phenoxy) is 2. The third kappa shape index (κ3) is 43.2. The number of aliphatic hydroxyl groups is 7. The molecule has 0 saturated carbocycles. The van der Waals surface area contributed by atoms with E-state index in [4.69, 9.17) is 9.47 Å². The fraction of sp³-hybridized carbons (Fsp3) is 0.955. The third-order valence-corrected chi connectivity index (χ3v) is 16.6. The predicted molar refractivity (Wildman–Crippen MR) is 321 cm³/mol. The standard InChI is InChI=1S/C66H129NO10/c1-3-5-7-9-11-13-15-17-19-21-23-25-26-27-28-29-30-31-32-34-36-38-40-42-44-46-48-50-52-54-59(70)65(75)67-57(56-76-66-64(74)63(73)62(72)60(55-68)77-66)61(71)58(69)53-51-49-47-45-43-41-39-37-35-33-24-22-20-18-16-14-12-10-8-6-4-2/h27-28,57-64,66,68-74H,3-26,29-56H2,1-2H3,(H,67,75)/b28-27-. The fourth-order valence-corrected chi connectivity index (χ4v) is 11.1. The van der Waals surface area contributed by atoms with Crippen molar-refractivity contribution in [2.45, 2.75) is 390 Å². The molecule has 8 N–H and O–H groups in total. The quantitative estimate of drug-likeness (QED) is 0.0215. The zero-order valence-electron chi connectivity index (χ0n) is 50.5. The maximum atomic E-state index is 13.2. The van der Waals surface area contributed by atoms with Crippen LogP contribution in [0.15, 0.2) is 12.2 Å². The molecular formula is C66H129NO10. The second kappa shape index (κ2) is 55.4. The summed E-state index contributed by atoms with van der Waals surface area (Å²) in [5, 5.41) is 76.4. The van der Waals surface area contributed by atoms with E-state index < -0.39 is 74.2 Å². The lowest BCUT2D eigenvalue weighted by molar-refractivity contribution is -0.303. The van der Waals surface area contributed by atoms with Gasteiger partial charge in [-0.3, -0.25) is 4.79 Å². The molecule has 1 rings (SSSR count). The maximum absolute atomic E-state index is 13.2. The zero-order valence-corrected chi connectivity index (χ0v) is 50.5. The van der Waals surface area contributed by atoms with Crippen LogP contribution < -0.4 is 5.32 Å². The van der Waals surface area contributed by atoms with Crippen LogP contribution in [0.25, 0.3) is 0 Å². The van der Waals surface area contributed by atoms with Crippen LogP contribution in [0.5, 0.6) is 0 Å². The number of allylic oxidation sites excluding steroid dienone is 2. The van der Waals surface area contributed by atoms with Crippen LogP contribution in [0.2, 0.25) is 0 Å². The highest BCUT2D eigenvalue weighted by Gasteiger charge is 2.44. The molecule has 11 heteroatoms. The van der Waals surface area contributed by atoms with E-state index in [1.807, 2.05) is 0 Å². The molecule has 1 heterocycles. The van der Waals surface area contributed by atoms with Gasteiger partial charge in [0.25, 0.3) is 0 Å². The van der Waals surface area contributed by atoms with Gasteiger partial charge >= 0.3 is 0 Å². The van der Waals surface area contributed by atoms with Gasteiger partial charge in [-0.1, -0.05) is 309 Å². The van der Waals surface area contributed by atoms with Gasteiger partial charge in [-0.15, -0.1) is 0 Å². The molecule has 9 atom stereocenters. The Morgan fingerprint density at radius 1 is 0.442 bits per heavy atom. The molecule has 0 aromatic carbocycles. The molecule has 1 aliphatic rings. The molecule has 0 aromatic rings. The first-order chi connectivity index (χ1) is 37.7. The van der Waals surface area contributed by atoms with Crippen LogP contribution in [-0.2, 0) is 14.3 Å². The van der Waals surface area contributed by atoms with Gasteiger partial charge in [0.1, 0.15) is 36.6 Å². The molecule has 1 saturated heterocycles. The summed E-state index contributed by atoms with van der Waals surface area (Å²) in [6.45, 7) is 3.51. The molecule has 458 valence electrons. The van der Waals surface area contributed by atoms with E-state index in [2.05, 4.69) is 31.3 Å². The van der Waals surface area contributed by atoms with Gasteiger partial charge in [-0.05, 0) is 38.5 Å². The Hall–Kier alpha value is -1.15. The molecule has 0 aliphatic carbocycles. The van der Waals surface area contributed by atoms with Crippen molar-refractivity contribution in [3.63, 3.8) is 0 Å². The van der Waals surface area contributed by atoms with Gasteiger partial charge in [-0.25, -0.2) is 0 Å². The van der Waals surface area contributed by atoms with Crippen LogP contribution in [0.3, 0.4) is 0 Å². The summed E-state index contributed by atoms with van der Waals surface area (Å²) in [7, 11) is 0. The second-order valence-corrected chi connectivity index (χ2v) is 23.9. The summed E-state index contributed by atoms with van der Waals surface area (Å²) >= 11 is 0. The summed E-state index contributed by atoms with van der Waals surface area (Å²) in [4.78, 5) is 13.2. The Balaban J connectivity index is 2.21. The number of rotatable bonds is 59. The highest BCUT2D eigenvalue weighted by atomic mass is 16.7. The van der Waals surface area contributed by atoms with Crippen LogP contribution >= 0.6 is 0 Å². The number of nitrogens with one attached hydrogen (secondary N) is 1. The van der Waals surface area contributed by atoms with E-state index in [9.17, 15) is 40.5 Å². The molecule has 0 bridgehead atoms. The van der Waals surface area contributed by atoms with Crippen molar-refractivity contribution < 1.29 is 50.0 Å². The Bertz CT molecular complexity index is 1260. The van der Waals surface area contributed by atoms with Gasteiger partial charge in [0, 0.05) is 0 Å². The van der Waals surface area contributed by atoms with Gasteiger partial charge in [-0.2, -0.15) is 0 Å². The summed E-state index contributed by atoms with van der Waals surface area (Å²) in [6.07, 6.45) is 55.7. The SMILES string of the molecule is CCCCCCCCCCCCCC/C=C\CCCCCCCCCCCCCCCC(O)C(=O)NC(COC1OC(CO)C(O)C(O)C1O)C(O)C(O)CCCCCCCCCCCCCCCCCCCCCCC. The van der Waals surface area contributed by atoms with Crippen molar-refractivity contribution in [2.24, 2.45) is 0 Å². The average molecular weight is 1100 g/mol. The third-order valence-electron chi connectivity index (χ3n) is 16.6. The monoisotopic (exact) mass is 1100 g/mol. The first kappa shape index (κ1) is 73.9. The number of carbonyl (C=O) groups excluding carboxylic acids is 1.